The summed E-state index contributed by atoms with van der Waals surface area (Å²) in [7, 11) is 0. The van der Waals surface area contributed by atoms with Gasteiger partial charge in [-0.3, -0.25) is 0 Å². The van der Waals surface area contributed by atoms with Gasteiger partial charge < -0.3 is 15.2 Å². The topological polar surface area (TPSA) is 61.5 Å². The molecule has 2 rings (SSSR count). The van der Waals surface area contributed by atoms with Crippen molar-refractivity contribution >= 4 is 5.97 Å². The zero-order valence-electron chi connectivity index (χ0n) is 12.4. The van der Waals surface area contributed by atoms with E-state index in [1.54, 1.807) is 6.92 Å². The first-order valence-corrected chi connectivity index (χ1v) is 7.13. The van der Waals surface area contributed by atoms with Crippen LogP contribution >= 0.6 is 0 Å². The molecule has 0 spiro atoms. The number of esters is 1. The molecule has 4 nitrogen and oxygen atoms in total. The van der Waals surface area contributed by atoms with Gasteiger partial charge in [-0.25, -0.2) is 4.79 Å². The third kappa shape index (κ3) is 3.31. The molecular weight excluding hydrogens is 254 g/mol. The van der Waals surface area contributed by atoms with Gasteiger partial charge in [0.1, 0.15) is 12.4 Å². The Kier molecular flexibility index (Phi) is 4.33. The lowest BCUT2D eigenvalue weighted by Crippen LogP contribution is -2.55. The Balaban J connectivity index is 2.07. The molecule has 1 unspecified atom stereocenters. The molecular formula is C16H23NO3. The highest BCUT2D eigenvalue weighted by Crippen LogP contribution is 2.39. The predicted molar refractivity (Wildman–Crippen MR) is 77.7 cm³/mol. The summed E-state index contributed by atoms with van der Waals surface area (Å²) in [4.78, 5) is 12.1. The minimum Gasteiger partial charge on any atom is -0.491 e. The molecule has 1 aliphatic carbocycles. The zero-order valence-corrected chi connectivity index (χ0v) is 12.4. The summed E-state index contributed by atoms with van der Waals surface area (Å²) in [6, 6.07) is 5.98. The minimum absolute atomic E-state index is 0.166. The quantitative estimate of drug-likeness (QED) is 0.811. The molecule has 1 saturated carbocycles. The van der Waals surface area contributed by atoms with Crippen LogP contribution in [0.1, 0.15) is 30.9 Å². The van der Waals surface area contributed by atoms with E-state index in [2.05, 4.69) is 6.07 Å². The second-order valence-electron chi connectivity index (χ2n) is 5.65. The number of ether oxygens (including phenoxy) is 2. The van der Waals surface area contributed by atoms with Crippen LogP contribution in [0.25, 0.3) is 0 Å². The number of carbonyl (C=O) groups is 1. The van der Waals surface area contributed by atoms with E-state index in [0.29, 0.717) is 6.61 Å². The van der Waals surface area contributed by atoms with Crippen molar-refractivity contribution in [3.05, 3.63) is 29.3 Å². The van der Waals surface area contributed by atoms with Crippen LogP contribution in [0.15, 0.2) is 18.2 Å². The van der Waals surface area contributed by atoms with Gasteiger partial charge in [-0.2, -0.15) is 0 Å². The number of benzene rings is 1. The fourth-order valence-corrected chi connectivity index (χ4v) is 2.43. The molecule has 0 radical (unpaired) electrons. The molecule has 0 aliphatic heterocycles. The highest BCUT2D eigenvalue weighted by atomic mass is 16.5. The first kappa shape index (κ1) is 14.9. The summed E-state index contributed by atoms with van der Waals surface area (Å²) in [5.74, 6) is 0.571. The summed E-state index contributed by atoms with van der Waals surface area (Å²) < 4.78 is 10.9. The van der Waals surface area contributed by atoms with Crippen molar-refractivity contribution < 1.29 is 14.3 Å². The van der Waals surface area contributed by atoms with Crippen LogP contribution in [0.5, 0.6) is 5.75 Å². The number of nitrogens with two attached hydrogens (primary N) is 1. The van der Waals surface area contributed by atoms with Crippen LogP contribution in [0.3, 0.4) is 0 Å². The van der Waals surface area contributed by atoms with Crippen molar-refractivity contribution in [2.75, 3.05) is 13.2 Å². The van der Waals surface area contributed by atoms with Gasteiger partial charge in [-0.1, -0.05) is 6.07 Å². The number of carbonyl (C=O) groups excluding carboxylic acids is 1. The molecule has 4 heteroatoms. The number of hydrogen-bond donors (Lipinski definition) is 1. The molecule has 2 N–H and O–H groups in total. The number of aryl methyl sites for hydroxylation is 2. The van der Waals surface area contributed by atoms with E-state index < -0.39 is 5.54 Å². The fourth-order valence-electron chi connectivity index (χ4n) is 2.43. The average Bonchev–Trinajstić information content (AvgIpc) is 3.19. The highest BCUT2D eigenvalue weighted by Gasteiger charge is 2.50. The third-order valence-corrected chi connectivity index (χ3v) is 3.63. The van der Waals surface area contributed by atoms with Crippen LogP contribution in [-0.2, 0) is 9.53 Å². The standard InChI is InChI=1S/C16H23NO3/c1-4-19-15(18)16(17,13-5-6-13)10-20-14-8-11(2)7-12(3)9-14/h7-9,13H,4-6,10,17H2,1-3H3. The Hall–Kier alpha value is -1.55. The molecule has 1 aromatic rings. The molecule has 0 saturated heterocycles. The lowest BCUT2D eigenvalue weighted by Gasteiger charge is -2.27. The maximum Gasteiger partial charge on any atom is 0.329 e. The normalized spacial score (nSPS) is 17.4. The van der Waals surface area contributed by atoms with Crippen LogP contribution in [0.2, 0.25) is 0 Å². The van der Waals surface area contributed by atoms with Crippen molar-refractivity contribution in [2.45, 2.75) is 39.2 Å². The highest BCUT2D eigenvalue weighted by molar-refractivity contribution is 5.81. The Morgan fingerprint density at radius 2 is 1.90 bits per heavy atom. The first-order chi connectivity index (χ1) is 9.45. The molecule has 1 aromatic carbocycles. The van der Waals surface area contributed by atoms with Crippen LogP contribution in [-0.4, -0.2) is 24.7 Å². The van der Waals surface area contributed by atoms with E-state index in [0.717, 1.165) is 29.7 Å². The largest absolute Gasteiger partial charge is 0.491 e. The molecule has 0 bridgehead atoms. The molecule has 1 aliphatic rings. The second-order valence-corrected chi connectivity index (χ2v) is 5.65. The van der Waals surface area contributed by atoms with Crippen molar-refractivity contribution in [2.24, 2.45) is 11.7 Å². The van der Waals surface area contributed by atoms with Crippen molar-refractivity contribution in [1.29, 1.82) is 0 Å². The predicted octanol–water partition coefficient (Wildman–Crippen LogP) is 2.35. The summed E-state index contributed by atoms with van der Waals surface area (Å²) in [5.41, 5.74) is 7.50. The van der Waals surface area contributed by atoms with Crippen molar-refractivity contribution in [1.82, 2.24) is 0 Å². The maximum atomic E-state index is 12.1. The first-order valence-electron chi connectivity index (χ1n) is 7.13. The fraction of sp³-hybridized carbons (Fsp3) is 0.562. The van der Waals surface area contributed by atoms with Gasteiger partial charge in [0.05, 0.1) is 6.61 Å². The molecule has 1 atom stereocenters. The lowest BCUT2D eigenvalue weighted by molar-refractivity contribution is -0.151. The van der Waals surface area contributed by atoms with E-state index >= 15 is 0 Å². The van der Waals surface area contributed by atoms with Crippen LogP contribution < -0.4 is 10.5 Å². The Bertz CT molecular complexity index is 476. The molecule has 20 heavy (non-hydrogen) atoms. The van der Waals surface area contributed by atoms with E-state index in [1.165, 1.54) is 0 Å². The van der Waals surface area contributed by atoms with Gasteiger partial charge >= 0.3 is 5.97 Å². The van der Waals surface area contributed by atoms with Crippen LogP contribution in [0.4, 0.5) is 0 Å². The summed E-state index contributed by atoms with van der Waals surface area (Å²) in [6.45, 7) is 6.33. The van der Waals surface area contributed by atoms with E-state index in [-0.39, 0.29) is 18.5 Å². The van der Waals surface area contributed by atoms with Crippen molar-refractivity contribution in [3.63, 3.8) is 0 Å². The summed E-state index contributed by atoms with van der Waals surface area (Å²) in [5, 5.41) is 0. The average molecular weight is 277 g/mol. The summed E-state index contributed by atoms with van der Waals surface area (Å²) in [6.07, 6.45) is 1.93. The third-order valence-electron chi connectivity index (χ3n) is 3.63. The van der Waals surface area contributed by atoms with Gasteiger partial charge in [-0.05, 0) is 62.8 Å². The monoisotopic (exact) mass is 277 g/mol. The lowest BCUT2D eigenvalue weighted by atomic mass is 9.96. The minimum atomic E-state index is -1.02. The number of rotatable bonds is 6. The smallest absolute Gasteiger partial charge is 0.329 e. The Morgan fingerprint density at radius 1 is 1.30 bits per heavy atom. The van der Waals surface area contributed by atoms with E-state index in [4.69, 9.17) is 15.2 Å². The van der Waals surface area contributed by atoms with Gasteiger partial charge in [0, 0.05) is 0 Å². The van der Waals surface area contributed by atoms with Crippen molar-refractivity contribution in [3.8, 4) is 5.75 Å². The molecule has 1 fully saturated rings. The summed E-state index contributed by atoms with van der Waals surface area (Å²) >= 11 is 0. The van der Waals surface area contributed by atoms with E-state index in [1.807, 2.05) is 26.0 Å². The van der Waals surface area contributed by atoms with Crippen LogP contribution in [0, 0.1) is 19.8 Å². The molecule has 0 amide bonds. The van der Waals surface area contributed by atoms with Gasteiger partial charge in [-0.15, -0.1) is 0 Å². The Labute approximate surface area is 120 Å². The zero-order chi connectivity index (χ0) is 14.8. The Morgan fingerprint density at radius 3 is 2.40 bits per heavy atom. The van der Waals surface area contributed by atoms with Gasteiger partial charge in [0.25, 0.3) is 0 Å². The van der Waals surface area contributed by atoms with Gasteiger partial charge in [0.15, 0.2) is 5.54 Å². The maximum absolute atomic E-state index is 12.1. The molecule has 0 heterocycles. The second kappa shape index (κ2) is 5.83. The number of hydrogen-bond acceptors (Lipinski definition) is 4. The molecule has 0 aromatic heterocycles. The van der Waals surface area contributed by atoms with E-state index in [9.17, 15) is 4.79 Å². The van der Waals surface area contributed by atoms with Gasteiger partial charge in [0.2, 0.25) is 0 Å². The molecule has 110 valence electrons. The SMILES string of the molecule is CCOC(=O)C(N)(COc1cc(C)cc(C)c1)C1CC1.